The van der Waals surface area contributed by atoms with Crippen molar-refractivity contribution in [1.29, 1.82) is 0 Å². The maximum atomic E-state index is 12.6. The fraction of sp³-hybridized carbons (Fsp3) is 0.930. The predicted octanol–water partition coefficient (Wildman–Crippen LogP) is 13.1. The summed E-state index contributed by atoms with van der Waals surface area (Å²) in [7, 11) is -4.27. The van der Waals surface area contributed by atoms with Gasteiger partial charge in [0.25, 0.3) is 0 Å². The van der Waals surface area contributed by atoms with Crippen molar-refractivity contribution in [3.63, 3.8) is 0 Å². The minimum absolute atomic E-state index is 0.0929. The molecule has 0 aliphatic carbocycles. The first-order valence-electron chi connectivity index (χ1n) is 22.2. The molecule has 0 radical (unpaired) electrons. The maximum Gasteiger partial charge on any atom is 0.472 e. The Morgan fingerprint density at radius 1 is 0.558 bits per heavy atom. The quantitative estimate of drug-likeness (QED) is 0.0273. The van der Waals surface area contributed by atoms with Crippen molar-refractivity contribution in [1.82, 2.24) is 0 Å². The normalized spacial score (nSPS) is 13.5. The number of phosphoric ester groups is 1. The van der Waals surface area contributed by atoms with Gasteiger partial charge in [-0.25, -0.2) is 4.57 Å². The summed E-state index contributed by atoms with van der Waals surface area (Å²) in [5, 5.41) is 0. The van der Waals surface area contributed by atoms with E-state index in [1.807, 2.05) is 0 Å². The van der Waals surface area contributed by atoms with Gasteiger partial charge in [0.1, 0.15) is 6.10 Å². The van der Waals surface area contributed by atoms with E-state index in [2.05, 4.69) is 26.0 Å². The number of carbonyl (C=O) groups excluding carboxylic acids is 1. The first-order chi connectivity index (χ1) is 25.4. The standard InChI is InChI=1S/C43H86NO7P/c1-3-5-7-9-11-13-15-17-19-21-22-24-26-28-30-32-34-36-43(45)51-42(41-50-52(46,47)49-39-37-44)40-48-38-35-33-31-29-27-25-23-20-18-16-14-12-10-8-6-4-2/h17,19,42H,3-16,18,20-41,44H2,1-2H3,(H,46,47)/b19-17-/t42-/m1/s1. The molecular formula is C43H86NO7P. The molecule has 310 valence electrons. The van der Waals surface area contributed by atoms with Crippen LogP contribution in [0.5, 0.6) is 0 Å². The minimum atomic E-state index is -4.27. The van der Waals surface area contributed by atoms with Crippen LogP contribution in [0.25, 0.3) is 0 Å². The number of phosphoric acid groups is 1. The van der Waals surface area contributed by atoms with Crippen LogP contribution in [-0.2, 0) is 27.9 Å². The lowest BCUT2D eigenvalue weighted by atomic mass is 10.0. The molecule has 1 unspecified atom stereocenters. The third-order valence-corrected chi connectivity index (χ3v) is 10.7. The molecule has 0 aromatic rings. The third-order valence-electron chi connectivity index (χ3n) is 9.68. The van der Waals surface area contributed by atoms with Gasteiger partial charge in [-0.2, -0.15) is 0 Å². The predicted molar refractivity (Wildman–Crippen MR) is 220 cm³/mol. The number of carbonyl (C=O) groups is 1. The highest BCUT2D eigenvalue weighted by Crippen LogP contribution is 2.43. The number of allylic oxidation sites excluding steroid dienone is 2. The van der Waals surface area contributed by atoms with Gasteiger partial charge in [-0.05, 0) is 38.5 Å². The zero-order valence-corrected chi connectivity index (χ0v) is 35.2. The first-order valence-corrected chi connectivity index (χ1v) is 23.7. The summed E-state index contributed by atoms with van der Waals surface area (Å²) in [6, 6.07) is 0. The molecule has 3 N–H and O–H groups in total. The van der Waals surface area contributed by atoms with Crippen molar-refractivity contribution in [3.05, 3.63) is 12.2 Å². The Morgan fingerprint density at radius 2 is 0.962 bits per heavy atom. The van der Waals surface area contributed by atoms with Crippen LogP contribution in [0.1, 0.15) is 219 Å². The fourth-order valence-corrected chi connectivity index (χ4v) is 7.17. The van der Waals surface area contributed by atoms with E-state index in [1.165, 1.54) is 167 Å². The Kier molecular flexibility index (Phi) is 40.8. The van der Waals surface area contributed by atoms with Crippen molar-refractivity contribution in [3.8, 4) is 0 Å². The molecule has 0 heterocycles. The van der Waals surface area contributed by atoms with Crippen molar-refractivity contribution in [2.75, 3.05) is 33.0 Å². The number of esters is 1. The lowest BCUT2D eigenvalue weighted by Gasteiger charge is -2.20. The SMILES string of the molecule is CCCCCCCC/C=C\CCCCCCCCCC(=O)O[C@H](COCCCCCCCCCCCCCCCCCC)COP(=O)(O)OCCN. The Balaban J connectivity index is 3.99. The van der Waals surface area contributed by atoms with Gasteiger partial charge in [0, 0.05) is 19.6 Å². The number of rotatable bonds is 43. The highest BCUT2D eigenvalue weighted by molar-refractivity contribution is 7.47. The third kappa shape index (κ3) is 40.4. The van der Waals surface area contributed by atoms with E-state index in [-0.39, 0.29) is 32.3 Å². The maximum absolute atomic E-state index is 12.6. The van der Waals surface area contributed by atoms with Gasteiger partial charge in [0.05, 0.1) is 19.8 Å². The molecule has 0 aliphatic heterocycles. The van der Waals surface area contributed by atoms with E-state index in [0.29, 0.717) is 13.0 Å². The van der Waals surface area contributed by atoms with Crippen LogP contribution in [0, 0.1) is 0 Å². The monoisotopic (exact) mass is 760 g/mol. The van der Waals surface area contributed by atoms with E-state index in [1.54, 1.807) is 0 Å². The summed E-state index contributed by atoms with van der Waals surface area (Å²) in [6.07, 6.45) is 43.7. The van der Waals surface area contributed by atoms with Crippen LogP contribution in [0.2, 0.25) is 0 Å². The Labute approximate surface area is 322 Å². The molecule has 0 fully saturated rings. The molecule has 0 saturated carbocycles. The highest BCUT2D eigenvalue weighted by atomic mass is 31.2. The number of nitrogens with two attached hydrogens (primary N) is 1. The molecule has 0 aliphatic rings. The van der Waals surface area contributed by atoms with Crippen LogP contribution < -0.4 is 5.73 Å². The van der Waals surface area contributed by atoms with E-state index in [9.17, 15) is 14.3 Å². The lowest BCUT2D eigenvalue weighted by Crippen LogP contribution is -2.28. The average molecular weight is 760 g/mol. The average Bonchev–Trinajstić information content (AvgIpc) is 3.13. The molecular weight excluding hydrogens is 673 g/mol. The number of ether oxygens (including phenoxy) is 2. The second-order valence-electron chi connectivity index (χ2n) is 14.9. The van der Waals surface area contributed by atoms with Crippen LogP contribution >= 0.6 is 7.82 Å². The number of unbranched alkanes of at least 4 members (excludes halogenated alkanes) is 28. The molecule has 0 bridgehead atoms. The van der Waals surface area contributed by atoms with Gasteiger partial charge < -0.3 is 20.1 Å². The van der Waals surface area contributed by atoms with Gasteiger partial charge in [0.2, 0.25) is 0 Å². The second kappa shape index (κ2) is 41.4. The summed E-state index contributed by atoms with van der Waals surface area (Å²) >= 11 is 0. The van der Waals surface area contributed by atoms with Gasteiger partial charge in [-0.15, -0.1) is 0 Å². The zero-order valence-electron chi connectivity index (χ0n) is 34.3. The molecule has 9 heteroatoms. The van der Waals surface area contributed by atoms with E-state index in [0.717, 1.165) is 32.1 Å². The molecule has 2 atom stereocenters. The van der Waals surface area contributed by atoms with E-state index in [4.69, 9.17) is 24.3 Å². The largest absolute Gasteiger partial charge is 0.472 e. The highest BCUT2D eigenvalue weighted by Gasteiger charge is 2.25. The number of hydrogen-bond donors (Lipinski definition) is 2. The Bertz CT molecular complexity index is 812. The summed E-state index contributed by atoms with van der Waals surface area (Å²) < 4.78 is 33.4. The van der Waals surface area contributed by atoms with Crippen LogP contribution in [-0.4, -0.2) is 49.9 Å². The lowest BCUT2D eigenvalue weighted by molar-refractivity contribution is -0.154. The van der Waals surface area contributed by atoms with Crippen molar-refractivity contribution in [2.24, 2.45) is 5.73 Å². The first kappa shape index (κ1) is 51.2. The van der Waals surface area contributed by atoms with Crippen LogP contribution in [0.4, 0.5) is 0 Å². The number of hydrogen-bond acceptors (Lipinski definition) is 7. The van der Waals surface area contributed by atoms with Gasteiger partial charge in [-0.1, -0.05) is 187 Å². The van der Waals surface area contributed by atoms with Crippen LogP contribution in [0.15, 0.2) is 12.2 Å². The summed E-state index contributed by atoms with van der Waals surface area (Å²) in [4.78, 5) is 22.5. The van der Waals surface area contributed by atoms with Crippen molar-refractivity contribution in [2.45, 2.75) is 225 Å². The molecule has 0 spiro atoms. The van der Waals surface area contributed by atoms with Gasteiger partial charge in [-0.3, -0.25) is 13.8 Å². The van der Waals surface area contributed by atoms with Crippen molar-refractivity contribution < 1.29 is 32.8 Å². The summed E-state index contributed by atoms with van der Waals surface area (Å²) in [6.45, 7) is 4.96. The summed E-state index contributed by atoms with van der Waals surface area (Å²) in [5.41, 5.74) is 5.37. The van der Waals surface area contributed by atoms with E-state index >= 15 is 0 Å². The molecule has 0 aromatic heterocycles. The molecule has 0 aromatic carbocycles. The molecule has 0 saturated heterocycles. The van der Waals surface area contributed by atoms with E-state index < -0.39 is 13.9 Å². The fourth-order valence-electron chi connectivity index (χ4n) is 6.40. The van der Waals surface area contributed by atoms with Gasteiger partial charge >= 0.3 is 13.8 Å². The molecule has 0 rings (SSSR count). The smallest absolute Gasteiger partial charge is 0.457 e. The molecule has 52 heavy (non-hydrogen) atoms. The summed E-state index contributed by atoms with van der Waals surface area (Å²) in [5.74, 6) is -0.331. The Hall–Kier alpha value is -0.760. The molecule has 0 amide bonds. The Morgan fingerprint density at radius 3 is 1.40 bits per heavy atom. The van der Waals surface area contributed by atoms with Gasteiger partial charge in [0.15, 0.2) is 0 Å². The topological polar surface area (TPSA) is 117 Å². The van der Waals surface area contributed by atoms with Crippen molar-refractivity contribution >= 4 is 13.8 Å². The second-order valence-corrected chi connectivity index (χ2v) is 16.4. The molecule has 8 nitrogen and oxygen atoms in total. The minimum Gasteiger partial charge on any atom is -0.457 e. The zero-order chi connectivity index (χ0) is 38.1. The van der Waals surface area contributed by atoms with Crippen LogP contribution in [0.3, 0.4) is 0 Å².